The predicted octanol–water partition coefficient (Wildman–Crippen LogP) is 4.70. The van der Waals surface area contributed by atoms with Crippen molar-refractivity contribution in [3.63, 3.8) is 0 Å². The Balaban J connectivity index is 1.39. The summed E-state index contributed by atoms with van der Waals surface area (Å²) >= 11 is 1.46. The summed E-state index contributed by atoms with van der Waals surface area (Å²) < 4.78 is 12.8. The van der Waals surface area contributed by atoms with Crippen LogP contribution in [0, 0.1) is 0 Å². The molecule has 170 valence electrons. The number of fused-ring (bicyclic) bond motifs is 1. The highest BCUT2D eigenvalue weighted by Gasteiger charge is 2.13. The Morgan fingerprint density at radius 3 is 2.48 bits per heavy atom. The van der Waals surface area contributed by atoms with Crippen LogP contribution in [0.2, 0.25) is 0 Å². The van der Waals surface area contributed by atoms with Crippen LogP contribution >= 0.6 is 11.8 Å². The number of nitrogens with one attached hydrogen (secondary N) is 1. The summed E-state index contributed by atoms with van der Waals surface area (Å²) in [6, 6.07) is 24.1. The van der Waals surface area contributed by atoms with E-state index in [-0.39, 0.29) is 5.91 Å². The van der Waals surface area contributed by atoms with E-state index >= 15 is 0 Å². The number of carbonyl (C=O) groups excluding carboxylic acids is 1. The van der Waals surface area contributed by atoms with Gasteiger partial charge in [-0.05, 0) is 41.8 Å². The van der Waals surface area contributed by atoms with E-state index in [0.29, 0.717) is 23.8 Å². The van der Waals surface area contributed by atoms with Crippen LogP contribution in [0.1, 0.15) is 11.1 Å². The quantitative estimate of drug-likeness (QED) is 0.347. The van der Waals surface area contributed by atoms with E-state index in [1.54, 1.807) is 14.2 Å². The number of hydrogen-bond donors (Lipinski definition) is 1. The molecule has 4 aromatic rings. The van der Waals surface area contributed by atoms with Gasteiger partial charge in [0.25, 0.3) is 0 Å². The van der Waals surface area contributed by atoms with Crippen LogP contribution < -0.4 is 14.8 Å². The highest BCUT2D eigenvalue weighted by Crippen LogP contribution is 2.28. The van der Waals surface area contributed by atoms with Gasteiger partial charge in [0, 0.05) is 13.1 Å². The lowest BCUT2D eigenvalue weighted by Gasteiger charge is -2.11. The van der Waals surface area contributed by atoms with Crippen molar-refractivity contribution < 1.29 is 14.3 Å². The zero-order chi connectivity index (χ0) is 23.0. The van der Waals surface area contributed by atoms with E-state index in [4.69, 9.17) is 14.5 Å². The van der Waals surface area contributed by atoms with Crippen molar-refractivity contribution in [1.82, 2.24) is 14.9 Å². The van der Waals surface area contributed by atoms with Crippen LogP contribution in [0.5, 0.6) is 11.5 Å². The fourth-order valence-corrected chi connectivity index (χ4v) is 4.51. The fourth-order valence-electron chi connectivity index (χ4n) is 3.64. The first kappa shape index (κ1) is 22.7. The van der Waals surface area contributed by atoms with Crippen LogP contribution in [0.3, 0.4) is 0 Å². The number of ether oxygens (including phenoxy) is 2. The summed E-state index contributed by atoms with van der Waals surface area (Å²) in [5, 5.41) is 3.83. The number of amides is 1. The molecule has 0 bridgehead atoms. The van der Waals surface area contributed by atoms with Crippen molar-refractivity contribution in [1.29, 1.82) is 0 Å². The zero-order valence-electron chi connectivity index (χ0n) is 18.8. The lowest BCUT2D eigenvalue weighted by Crippen LogP contribution is -2.24. The molecule has 0 fully saturated rings. The first-order valence-corrected chi connectivity index (χ1v) is 11.8. The molecule has 6 nitrogen and oxygen atoms in total. The van der Waals surface area contributed by atoms with Gasteiger partial charge in [-0.25, -0.2) is 4.98 Å². The molecule has 0 spiro atoms. The Morgan fingerprint density at radius 1 is 0.939 bits per heavy atom. The molecular weight excluding hydrogens is 434 g/mol. The Labute approximate surface area is 197 Å². The Morgan fingerprint density at radius 2 is 1.70 bits per heavy atom. The van der Waals surface area contributed by atoms with Gasteiger partial charge in [0.15, 0.2) is 16.7 Å². The Bertz CT molecular complexity index is 1220. The molecule has 3 aromatic carbocycles. The van der Waals surface area contributed by atoms with Crippen molar-refractivity contribution in [2.75, 3.05) is 20.0 Å². The number of benzene rings is 3. The largest absolute Gasteiger partial charge is 0.493 e. The molecule has 0 saturated heterocycles. The number of aromatic nitrogens is 2. The third-order valence-corrected chi connectivity index (χ3v) is 6.33. The van der Waals surface area contributed by atoms with Gasteiger partial charge in [-0.15, -0.1) is 0 Å². The molecule has 0 aliphatic carbocycles. The molecule has 1 amide bonds. The summed E-state index contributed by atoms with van der Waals surface area (Å²) in [5.74, 6) is 1.56. The summed E-state index contributed by atoms with van der Waals surface area (Å²) in [4.78, 5) is 17.3. The smallest absolute Gasteiger partial charge is 0.230 e. The van der Waals surface area contributed by atoms with Crippen molar-refractivity contribution in [3.8, 4) is 11.5 Å². The van der Waals surface area contributed by atoms with Crippen LogP contribution in [0.4, 0.5) is 0 Å². The molecule has 0 saturated carbocycles. The van der Waals surface area contributed by atoms with E-state index in [2.05, 4.69) is 40.2 Å². The average molecular weight is 462 g/mol. The topological polar surface area (TPSA) is 65.4 Å². The lowest BCUT2D eigenvalue weighted by molar-refractivity contribution is -0.118. The second-order valence-corrected chi connectivity index (χ2v) is 8.47. The van der Waals surface area contributed by atoms with Gasteiger partial charge in [0.05, 0.1) is 31.0 Å². The molecule has 33 heavy (non-hydrogen) atoms. The number of aryl methyl sites for hydroxylation is 2. The molecule has 7 heteroatoms. The number of nitrogens with zero attached hydrogens (tertiary/aromatic N) is 2. The number of para-hydroxylation sites is 2. The number of rotatable bonds is 10. The van der Waals surface area contributed by atoms with Crippen molar-refractivity contribution >= 4 is 28.7 Å². The third-order valence-electron chi connectivity index (χ3n) is 5.36. The van der Waals surface area contributed by atoms with E-state index in [1.165, 1.54) is 17.3 Å². The number of thioether (sulfide) groups is 1. The maximum atomic E-state index is 12.5. The standard InChI is InChI=1S/C26H27N3O3S/c1-31-23-13-12-20(16-24(23)32-2)17-27-25(30)18-33-26-28-21-10-6-7-11-22(21)29(26)15-14-19-8-4-3-5-9-19/h3-13,16H,14-15,17-18H2,1-2H3,(H,27,30). The Kier molecular flexibility index (Phi) is 7.52. The van der Waals surface area contributed by atoms with Crippen molar-refractivity contribution in [2.24, 2.45) is 0 Å². The third kappa shape index (κ3) is 5.68. The number of carbonyl (C=O) groups is 1. The molecule has 0 unspecified atom stereocenters. The number of methoxy groups -OCH3 is 2. The van der Waals surface area contributed by atoms with Gasteiger partial charge in [0.1, 0.15) is 0 Å². The van der Waals surface area contributed by atoms with Crippen molar-refractivity contribution in [3.05, 3.63) is 83.9 Å². The van der Waals surface area contributed by atoms with Gasteiger partial charge >= 0.3 is 0 Å². The zero-order valence-corrected chi connectivity index (χ0v) is 19.6. The minimum Gasteiger partial charge on any atom is -0.493 e. The van der Waals surface area contributed by atoms with Gasteiger partial charge < -0.3 is 19.4 Å². The molecular formula is C26H27N3O3S. The molecule has 0 radical (unpaired) electrons. The maximum Gasteiger partial charge on any atom is 0.230 e. The SMILES string of the molecule is COc1ccc(CNC(=O)CSc2nc3ccccc3n2CCc2ccccc2)cc1OC. The number of imidazole rings is 1. The normalized spacial score (nSPS) is 10.8. The Hall–Kier alpha value is -3.45. The minimum absolute atomic E-state index is 0.0450. The first-order chi connectivity index (χ1) is 16.2. The first-order valence-electron chi connectivity index (χ1n) is 10.8. The highest BCUT2D eigenvalue weighted by molar-refractivity contribution is 7.99. The van der Waals surface area contributed by atoms with E-state index in [9.17, 15) is 4.79 Å². The maximum absolute atomic E-state index is 12.5. The molecule has 1 N–H and O–H groups in total. The summed E-state index contributed by atoms with van der Waals surface area (Å²) in [6.45, 7) is 1.23. The molecule has 0 aliphatic heterocycles. The molecule has 1 aromatic heterocycles. The van der Waals surface area contributed by atoms with Gasteiger partial charge in [-0.3, -0.25) is 4.79 Å². The summed E-state index contributed by atoms with van der Waals surface area (Å²) in [5.41, 5.74) is 4.25. The van der Waals surface area contributed by atoms with Gasteiger partial charge in [0.2, 0.25) is 5.91 Å². The van der Waals surface area contributed by atoms with Crippen molar-refractivity contribution in [2.45, 2.75) is 24.7 Å². The molecule has 4 rings (SSSR count). The van der Waals surface area contributed by atoms with Crippen LogP contribution in [-0.4, -0.2) is 35.4 Å². The molecule has 0 atom stereocenters. The van der Waals surface area contributed by atoms with E-state index in [1.807, 2.05) is 42.5 Å². The fraction of sp³-hybridized carbons (Fsp3) is 0.231. The van der Waals surface area contributed by atoms with Crippen LogP contribution in [0.15, 0.2) is 78.0 Å². The van der Waals surface area contributed by atoms with Gasteiger partial charge in [-0.2, -0.15) is 0 Å². The minimum atomic E-state index is -0.0450. The average Bonchev–Trinajstić information content (AvgIpc) is 3.22. The van der Waals surface area contributed by atoms with Crippen LogP contribution in [0.25, 0.3) is 11.0 Å². The molecule has 1 heterocycles. The predicted molar refractivity (Wildman–Crippen MR) is 132 cm³/mol. The van der Waals surface area contributed by atoms with E-state index < -0.39 is 0 Å². The summed E-state index contributed by atoms with van der Waals surface area (Å²) in [7, 11) is 3.20. The monoisotopic (exact) mass is 461 g/mol. The second-order valence-electron chi connectivity index (χ2n) is 7.53. The summed E-state index contributed by atoms with van der Waals surface area (Å²) in [6.07, 6.45) is 0.903. The van der Waals surface area contributed by atoms with E-state index in [0.717, 1.165) is 34.7 Å². The second kappa shape index (κ2) is 10.9. The molecule has 0 aliphatic rings. The number of hydrogen-bond acceptors (Lipinski definition) is 5. The highest BCUT2D eigenvalue weighted by atomic mass is 32.2. The lowest BCUT2D eigenvalue weighted by atomic mass is 10.1. The van der Waals surface area contributed by atoms with Gasteiger partial charge in [-0.1, -0.05) is 60.3 Å². The van der Waals surface area contributed by atoms with Crippen LogP contribution in [-0.2, 0) is 24.3 Å².